The van der Waals surface area contributed by atoms with Gasteiger partial charge >= 0.3 is 11.9 Å². The van der Waals surface area contributed by atoms with Crippen molar-refractivity contribution in [2.45, 2.75) is 130 Å². The molecular formula is C54H60Br4O6. The van der Waals surface area contributed by atoms with Gasteiger partial charge in [0.1, 0.15) is 23.7 Å². The summed E-state index contributed by atoms with van der Waals surface area (Å²) in [4.78, 5) is 27.0. The lowest BCUT2D eigenvalue weighted by atomic mass is 9.41. The summed E-state index contributed by atoms with van der Waals surface area (Å²) in [5.74, 6) is 2.95. The van der Waals surface area contributed by atoms with Gasteiger partial charge in [-0.2, -0.15) is 0 Å². The van der Waals surface area contributed by atoms with Gasteiger partial charge in [0, 0.05) is 73.3 Å². The highest BCUT2D eigenvalue weighted by atomic mass is 79.9. The molecule has 0 bridgehead atoms. The van der Waals surface area contributed by atoms with Crippen LogP contribution >= 0.6 is 63.7 Å². The molecule has 6 aliphatic rings. The molecule has 10 atom stereocenters. The van der Waals surface area contributed by atoms with Gasteiger partial charge in [-0.25, -0.2) is 9.59 Å². The molecule has 0 amide bonds. The van der Waals surface area contributed by atoms with E-state index >= 15 is 0 Å². The Morgan fingerprint density at radius 3 is 1.22 bits per heavy atom. The fourth-order valence-corrected chi connectivity index (χ4v) is 18.1. The molecule has 2 heterocycles. The van der Waals surface area contributed by atoms with E-state index in [4.69, 9.17) is 18.9 Å². The second-order valence-corrected chi connectivity index (χ2v) is 26.2. The number of esters is 2. The maximum Gasteiger partial charge on any atom is 0.338 e. The largest absolute Gasteiger partial charge is 0.492 e. The number of carbonyl (C=O) groups excluding carboxylic acids is 2. The van der Waals surface area contributed by atoms with Crippen LogP contribution in [0.1, 0.15) is 139 Å². The van der Waals surface area contributed by atoms with Gasteiger partial charge in [-0.15, -0.1) is 0 Å². The topological polar surface area (TPSA) is 71.1 Å². The SMILES string of the molecule is CC1(C)[C@@H](OC(=O)c2cc(Br)cc(Br)c2)CC[C@@]2(C)[C@H]1CC[C@@]1(C)c3ccc4c5c(ccc4c3OC[C@@H]21)[C@]1(C)CC[C@H]2C(C)(C)[C@@H](OC(=O)c3cc(Br)cc(Br)c3)CC[C@]2(C)[C@@H]1CO5. The standard InChI is InChI=1S/C54H60Br4O6/c1-49(2)39-13-17-51(5)37-11-9-36-35(45(37)61-27-41(51)53(39,7)19-15-43(49)63-47(59)29-21-31(55)25-32(56)22-29)10-12-38-46(36)62-28-42-52(38,6)18-14-40-50(3,4)44(16-20-54(40,42)8)64-48(60)30-23-33(57)26-34(58)24-30/h9-12,21-26,39-44H,13-20,27-28H2,1-8H3/t39-,40-,41+,42+,43-,44-,51-,52-,53-,54-/m0/s1. The Labute approximate surface area is 412 Å². The molecule has 0 radical (unpaired) electrons. The summed E-state index contributed by atoms with van der Waals surface area (Å²) < 4.78 is 30.2. The lowest BCUT2D eigenvalue weighted by molar-refractivity contribution is -0.167. The molecule has 4 aromatic rings. The van der Waals surface area contributed by atoms with Gasteiger partial charge in [0.25, 0.3) is 0 Å². The normalized spacial score (nSPS) is 35.4. The maximum atomic E-state index is 13.5. The molecule has 340 valence electrons. The van der Waals surface area contributed by atoms with Crippen LogP contribution in [0.15, 0.2) is 78.6 Å². The molecular weight excluding hydrogens is 1060 g/mol. The molecule has 10 rings (SSSR count). The van der Waals surface area contributed by atoms with Gasteiger partial charge < -0.3 is 18.9 Å². The number of carbonyl (C=O) groups is 2. The fourth-order valence-electron chi connectivity index (χ4n) is 15.5. The van der Waals surface area contributed by atoms with E-state index in [1.165, 1.54) is 11.1 Å². The fraction of sp³-hybridized carbons (Fsp3) is 0.556. The first-order valence-corrected chi connectivity index (χ1v) is 26.5. The molecule has 2 aliphatic heterocycles. The van der Waals surface area contributed by atoms with E-state index in [0.29, 0.717) is 48.0 Å². The predicted octanol–water partition coefficient (Wildman–Crippen LogP) is 15.3. The minimum atomic E-state index is -0.263. The lowest BCUT2D eigenvalue weighted by Gasteiger charge is -2.65. The van der Waals surface area contributed by atoms with Gasteiger partial charge in [0.05, 0.1) is 24.3 Å². The van der Waals surface area contributed by atoms with Crippen LogP contribution in [0.4, 0.5) is 0 Å². The van der Waals surface area contributed by atoms with Crippen molar-refractivity contribution in [1.29, 1.82) is 0 Å². The van der Waals surface area contributed by atoms with Crippen LogP contribution in [0, 0.1) is 45.3 Å². The van der Waals surface area contributed by atoms with Crippen molar-refractivity contribution in [1.82, 2.24) is 0 Å². The molecule has 0 spiro atoms. The maximum absolute atomic E-state index is 13.5. The molecule has 0 saturated heterocycles. The number of benzene rings is 4. The zero-order chi connectivity index (χ0) is 45.5. The third kappa shape index (κ3) is 6.79. The van der Waals surface area contributed by atoms with Crippen molar-refractivity contribution in [3.8, 4) is 11.5 Å². The van der Waals surface area contributed by atoms with Crippen molar-refractivity contribution in [3.05, 3.63) is 101 Å². The third-order valence-corrected chi connectivity index (χ3v) is 20.6. The van der Waals surface area contributed by atoms with E-state index in [2.05, 4.69) is 143 Å². The molecule has 4 aliphatic carbocycles. The quantitative estimate of drug-likeness (QED) is 0.190. The van der Waals surface area contributed by atoms with Crippen LogP contribution in [0.25, 0.3) is 10.8 Å². The Bertz CT molecular complexity index is 2390. The van der Waals surface area contributed by atoms with Crippen LogP contribution < -0.4 is 9.47 Å². The van der Waals surface area contributed by atoms with E-state index in [0.717, 1.165) is 91.5 Å². The third-order valence-electron chi connectivity index (χ3n) is 18.8. The first kappa shape index (κ1) is 45.4. The van der Waals surface area contributed by atoms with Crippen LogP contribution in [0.3, 0.4) is 0 Å². The minimum Gasteiger partial charge on any atom is -0.492 e. The van der Waals surface area contributed by atoms with Crippen molar-refractivity contribution >= 4 is 86.4 Å². The van der Waals surface area contributed by atoms with E-state index in [1.54, 1.807) is 0 Å². The number of hydrogen-bond acceptors (Lipinski definition) is 6. The summed E-state index contributed by atoms with van der Waals surface area (Å²) in [6, 6.07) is 20.6. The summed E-state index contributed by atoms with van der Waals surface area (Å²) in [5, 5.41) is 2.31. The van der Waals surface area contributed by atoms with Gasteiger partial charge in [-0.05, 0) is 110 Å². The van der Waals surface area contributed by atoms with Crippen LogP contribution in [-0.2, 0) is 20.3 Å². The number of ether oxygens (including phenoxy) is 4. The second-order valence-electron chi connectivity index (χ2n) is 22.6. The van der Waals surface area contributed by atoms with Crippen LogP contribution in [0.2, 0.25) is 0 Å². The second kappa shape index (κ2) is 15.6. The zero-order valence-electron chi connectivity index (χ0n) is 38.3. The van der Waals surface area contributed by atoms with Crippen LogP contribution in [-0.4, -0.2) is 37.4 Å². The summed E-state index contributed by atoms with van der Waals surface area (Å²) >= 11 is 14.1. The average Bonchev–Trinajstić information content (AvgIpc) is 3.21. The van der Waals surface area contributed by atoms with Crippen molar-refractivity contribution in [2.24, 2.45) is 45.3 Å². The molecule has 6 nitrogen and oxygen atoms in total. The highest BCUT2D eigenvalue weighted by molar-refractivity contribution is 9.11. The van der Waals surface area contributed by atoms with Gasteiger partial charge in [0.2, 0.25) is 0 Å². The Balaban J connectivity index is 0.898. The Hall–Kier alpha value is -2.40. The molecule has 4 fully saturated rings. The van der Waals surface area contributed by atoms with E-state index in [9.17, 15) is 9.59 Å². The summed E-state index contributed by atoms with van der Waals surface area (Å²) in [7, 11) is 0. The Kier molecular flexibility index (Phi) is 11.0. The van der Waals surface area contributed by atoms with E-state index < -0.39 is 0 Å². The number of fused-ring (bicyclic) bond motifs is 13. The smallest absolute Gasteiger partial charge is 0.338 e. The highest BCUT2D eigenvalue weighted by Gasteiger charge is 2.65. The van der Waals surface area contributed by atoms with Crippen molar-refractivity contribution in [3.63, 3.8) is 0 Å². The predicted molar refractivity (Wildman–Crippen MR) is 266 cm³/mol. The van der Waals surface area contributed by atoms with Crippen molar-refractivity contribution < 1.29 is 28.5 Å². The molecule has 0 unspecified atom stereocenters. The Morgan fingerprint density at radius 2 is 0.859 bits per heavy atom. The average molecular weight is 1120 g/mol. The van der Waals surface area contributed by atoms with Gasteiger partial charge in [-0.3, -0.25) is 0 Å². The Morgan fingerprint density at radius 1 is 0.500 bits per heavy atom. The zero-order valence-corrected chi connectivity index (χ0v) is 44.6. The molecule has 10 heteroatoms. The minimum absolute atomic E-state index is 0.0223. The van der Waals surface area contributed by atoms with Gasteiger partial charge in [-0.1, -0.05) is 143 Å². The monoisotopic (exact) mass is 1120 g/mol. The van der Waals surface area contributed by atoms with Crippen LogP contribution in [0.5, 0.6) is 11.5 Å². The number of hydrogen-bond donors (Lipinski definition) is 0. The first-order valence-electron chi connectivity index (χ1n) is 23.3. The molecule has 0 N–H and O–H groups in total. The molecule has 4 aromatic carbocycles. The van der Waals surface area contributed by atoms with Crippen molar-refractivity contribution in [2.75, 3.05) is 13.2 Å². The molecule has 0 aromatic heterocycles. The molecule has 4 saturated carbocycles. The number of halogens is 4. The van der Waals surface area contributed by atoms with Gasteiger partial charge in [0.15, 0.2) is 0 Å². The lowest BCUT2D eigenvalue weighted by Crippen LogP contribution is -2.62. The highest BCUT2D eigenvalue weighted by Crippen LogP contribution is 2.69. The summed E-state index contributed by atoms with van der Waals surface area (Å²) in [5.41, 5.74) is 3.31. The summed E-state index contributed by atoms with van der Waals surface area (Å²) in [6.07, 6.45) is 7.56. The number of rotatable bonds is 4. The first-order chi connectivity index (χ1) is 30.1. The van der Waals surface area contributed by atoms with E-state index in [-0.39, 0.29) is 56.6 Å². The summed E-state index contributed by atoms with van der Waals surface area (Å²) in [6.45, 7) is 20.6. The van der Waals surface area contributed by atoms with E-state index in [1.807, 2.05) is 36.4 Å². The molecule has 64 heavy (non-hydrogen) atoms.